The highest BCUT2D eigenvalue weighted by Crippen LogP contribution is 2.34. The maximum Gasteiger partial charge on any atom is 0.242 e. The maximum atomic E-state index is 13.6. The zero-order chi connectivity index (χ0) is 23.2. The standard InChI is InChI=1S/C26H34N2O4S/c1-19-7-3-6-10-23(19)32-18-22-21-12-16-33-24(21)11-13-28(22)25(29)17-27(14-15-31-2)26(30)20-8-4-5-9-20/h3,6-7,10,12,16,20,22H,4-5,8-9,11,13-15,17-18H2,1-2H3. The second-order valence-corrected chi connectivity index (χ2v) is 9.96. The number of carbonyl (C=O) groups is 2. The van der Waals surface area contributed by atoms with Gasteiger partial charge in [-0.25, -0.2) is 0 Å². The molecular weight excluding hydrogens is 436 g/mol. The Morgan fingerprint density at radius 1 is 1.18 bits per heavy atom. The molecule has 1 atom stereocenters. The minimum Gasteiger partial charge on any atom is -0.491 e. The van der Waals surface area contributed by atoms with Crippen LogP contribution in [-0.2, 0) is 20.7 Å². The van der Waals surface area contributed by atoms with Crippen molar-refractivity contribution in [1.29, 1.82) is 0 Å². The van der Waals surface area contributed by atoms with Gasteiger partial charge in [0.05, 0.1) is 19.2 Å². The molecule has 7 heteroatoms. The van der Waals surface area contributed by atoms with E-state index in [9.17, 15) is 9.59 Å². The summed E-state index contributed by atoms with van der Waals surface area (Å²) in [6.07, 6.45) is 4.87. The second-order valence-electron chi connectivity index (χ2n) is 8.96. The molecule has 1 aromatic heterocycles. The number of hydrogen-bond donors (Lipinski definition) is 0. The number of amides is 2. The Labute approximate surface area is 200 Å². The van der Waals surface area contributed by atoms with E-state index < -0.39 is 0 Å². The van der Waals surface area contributed by atoms with Crippen molar-refractivity contribution < 1.29 is 19.1 Å². The molecule has 4 rings (SSSR count). The first-order valence-electron chi connectivity index (χ1n) is 11.9. The molecule has 2 aromatic rings. The Hall–Kier alpha value is -2.38. The first-order valence-corrected chi connectivity index (χ1v) is 12.8. The van der Waals surface area contributed by atoms with Crippen LogP contribution in [0.5, 0.6) is 5.75 Å². The smallest absolute Gasteiger partial charge is 0.242 e. The van der Waals surface area contributed by atoms with Gasteiger partial charge >= 0.3 is 0 Å². The number of carbonyl (C=O) groups excluding carboxylic acids is 2. The number of rotatable bonds is 9. The highest BCUT2D eigenvalue weighted by atomic mass is 32.1. The fourth-order valence-corrected chi connectivity index (χ4v) is 5.84. The van der Waals surface area contributed by atoms with Crippen LogP contribution in [0.15, 0.2) is 35.7 Å². The van der Waals surface area contributed by atoms with Gasteiger partial charge in [0.15, 0.2) is 0 Å². The Kier molecular flexibility index (Phi) is 8.04. The lowest BCUT2D eigenvalue weighted by atomic mass is 10.00. The van der Waals surface area contributed by atoms with Crippen molar-refractivity contribution in [2.75, 3.05) is 40.0 Å². The van der Waals surface area contributed by atoms with Gasteiger partial charge < -0.3 is 19.3 Å². The number of para-hydroxylation sites is 1. The zero-order valence-electron chi connectivity index (χ0n) is 19.6. The Balaban J connectivity index is 1.49. The molecule has 1 unspecified atom stereocenters. The summed E-state index contributed by atoms with van der Waals surface area (Å²) in [5.74, 6) is 0.955. The number of aryl methyl sites for hydroxylation is 1. The highest BCUT2D eigenvalue weighted by Gasteiger charge is 2.35. The molecule has 1 aromatic carbocycles. The van der Waals surface area contributed by atoms with Crippen LogP contribution in [0, 0.1) is 12.8 Å². The van der Waals surface area contributed by atoms with Gasteiger partial charge in [-0.3, -0.25) is 9.59 Å². The van der Waals surface area contributed by atoms with Crippen molar-refractivity contribution in [2.24, 2.45) is 5.92 Å². The summed E-state index contributed by atoms with van der Waals surface area (Å²) < 4.78 is 11.4. The summed E-state index contributed by atoms with van der Waals surface area (Å²) in [6, 6.07) is 9.90. The Morgan fingerprint density at radius 3 is 2.73 bits per heavy atom. The van der Waals surface area contributed by atoms with Crippen LogP contribution in [0.2, 0.25) is 0 Å². The van der Waals surface area contributed by atoms with E-state index in [0.717, 1.165) is 43.4 Å². The molecule has 0 N–H and O–H groups in total. The molecule has 1 fully saturated rings. The summed E-state index contributed by atoms with van der Waals surface area (Å²) in [5.41, 5.74) is 2.24. The number of ether oxygens (including phenoxy) is 2. The molecule has 0 spiro atoms. The fraction of sp³-hybridized carbons (Fsp3) is 0.538. The topological polar surface area (TPSA) is 59.1 Å². The lowest BCUT2D eigenvalue weighted by Gasteiger charge is -2.37. The number of thiophene rings is 1. The van der Waals surface area contributed by atoms with Gasteiger partial charge in [-0.15, -0.1) is 11.3 Å². The quantitative estimate of drug-likeness (QED) is 0.550. The third-order valence-electron chi connectivity index (χ3n) is 6.81. The van der Waals surface area contributed by atoms with E-state index in [1.54, 1.807) is 23.3 Å². The lowest BCUT2D eigenvalue weighted by molar-refractivity contribution is -0.145. The number of nitrogens with zero attached hydrogens (tertiary/aromatic N) is 2. The number of fused-ring (bicyclic) bond motifs is 1. The Bertz CT molecular complexity index is 953. The molecule has 2 heterocycles. The zero-order valence-corrected chi connectivity index (χ0v) is 20.4. The van der Waals surface area contributed by atoms with E-state index in [4.69, 9.17) is 9.47 Å². The summed E-state index contributed by atoms with van der Waals surface area (Å²) in [7, 11) is 1.63. The predicted octanol–water partition coefficient (Wildman–Crippen LogP) is 4.23. The van der Waals surface area contributed by atoms with Crippen molar-refractivity contribution in [3.8, 4) is 5.75 Å². The predicted molar refractivity (Wildman–Crippen MR) is 130 cm³/mol. The van der Waals surface area contributed by atoms with Crippen LogP contribution in [-0.4, -0.2) is 61.6 Å². The van der Waals surface area contributed by atoms with Crippen molar-refractivity contribution >= 4 is 23.2 Å². The number of hydrogen-bond acceptors (Lipinski definition) is 5. The Morgan fingerprint density at radius 2 is 1.97 bits per heavy atom. The van der Waals surface area contributed by atoms with Gasteiger partial charge in [-0.1, -0.05) is 31.0 Å². The molecule has 1 saturated carbocycles. The summed E-state index contributed by atoms with van der Waals surface area (Å²) >= 11 is 1.74. The highest BCUT2D eigenvalue weighted by molar-refractivity contribution is 7.10. The van der Waals surface area contributed by atoms with Crippen LogP contribution in [0.4, 0.5) is 0 Å². The number of methoxy groups -OCH3 is 1. The van der Waals surface area contributed by atoms with Gasteiger partial charge in [0, 0.05) is 31.0 Å². The molecule has 0 bridgehead atoms. The van der Waals surface area contributed by atoms with Crippen molar-refractivity contribution in [3.05, 3.63) is 51.7 Å². The molecule has 0 saturated heterocycles. The first kappa shape index (κ1) is 23.8. The van der Waals surface area contributed by atoms with Gasteiger partial charge in [-0.2, -0.15) is 0 Å². The maximum absolute atomic E-state index is 13.6. The summed E-state index contributed by atoms with van der Waals surface area (Å²) in [6.45, 7) is 4.04. The van der Waals surface area contributed by atoms with Crippen LogP contribution >= 0.6 is 11.3 Å². The van der Waals surface area contributed by atoms with E-state index in [1.807, 2.05) is 36.1 Å². The molecule has 1 aliphatic heterocycles. The van der Waals surface area contributed by atoms with Crippen molar-refractivity contribution in [2.45, 2.75) is 45.1 Å². The van der Waals surface area contributed by atoms with E-state index in [1.165, 1.54) is 10.4 Å². The third-order valence-corrected chi connectivity index (χ3v) is 7.81. The van der Waals surface area contributed by atoms with E-state index in [0.29, 0.717) is 26.3 Å². The van der Waals surface area contributed by atoms with Crippen LogP contribution in [0.3, 0.4) is 0 Å². The fourth-order valence-electron chi connectivity index (χ4n) is 4.92. The SMILES string of the molecule is COCCN(CC(=O)N1CCc2sccc2C1COc1ccccc1C)C(=O)C1CCCC1. The molecule has 6 nitrogen and oxygen atoms in total. The second kappa shape index (κ2) is 11.2. The molecule has 33 heavy (non-hydrogen) atoms. The van der Waals surface area contributed by atoms with Crippen molar-refractivity contribution in [3.63, 3.8) is 0 Å². The average molecular weight is 471 g/mol. The molecule has 178 valence electrons. The van der Waals surface area contributed by atoms with Gasteiger partial charge in [0.25, 0.3) is 0 Å². The van der Waals surface area contributed by atoms with Crippen LogP contribution in [0.25, 0.3) is 0 Å². The number of benzene rings is 1. The minimum absolute atomic E-state index is 0.0207. The van der Waals surface area contributed by atoms with Crippen LogP contribution < -0.4 is 4.74 Å². The summed E-state index contributed by atoms with van der Waals surface area (Å²) in [5, 5.41) is 2.09. The molecule has 1 aliphatic carbocycles. The van der Waals surface area contributed by atoms with Crippen LogP contribution in [0.1, 0.15) is 47.7 Å². The molecule has 2 amide bonds. The molecule has 0 radical (unpaired) electrons. The minimum atomic E-state index is -0.155. The summed E-state index contributed by atoms with van der Waals surface area (Å²) in [4.78, 5) is 31.6. The van der Waals surface area contributed by atoms with E-state index >= 15 is 0 Å². The average Bonchev–Trinajstić information content (AvgIpc) is 3.52. The largest absolute Gasteiger partial charge is 0.491 e. The van der Waals surface area contributed by atoms with Crippen molar-refractivity contribution in [1.82, 2.24) is 9.80 Å². The lowest BCUT2D eigenvalue weighted by Crippen LogP contribution is -2.49. The van der Waals surface area contributed by atoms with Gasteiger partial charge in [-0.05, 0) is 54.8 Å². The first-order chi connectivity index (χ1) is 16.1. The molecule has 2 aliphatic rings. The molecular formula is C26H34N2O4S. The van der Waals surface area contributed by atoms with E-state index in [2.05, 4.69) is 11.4 Å². The van der Waals surface area contributed by atoms with Gasteiger partial charge in [0.1, 0.15) is 12.4 Å². The normalized spacial score (nSPS) is 18.2. The van der Waals surface area contributed by atoms with Gasteiger partial charge in [0.2, 0.25) is 11.8 Å². The monoisotopic (exact) mass is 470 g/mol. The third kappa shape index (κ3) is 5.58. The van der Waals surface area contributed by atoms with E-state index in [-0.39, 0.29) is 30.3 Å².